The van der Waals surface area contributed by atoms with Crippen molar-refractivity contribution in [1.29, 1.82) is 0 Å². The summed E-state index contributed by atoms with van der Waals surface area (Å²) in [5, 5.41) is 12.9. The maximum atomic E-state index is 15.1. The molecular weight excluding hydrogens is 635 g/mol. The Hall–Kier alpha value is -4.79. The lowest BCUT2D eigenvalue weighted by Crippen LogP contribution is -2.55. The van der Waals surface area contributed by atoms with Gasteiger partial charge in [0.05, 0.1) is 39.3 Å². The number of ether oxygens (including phenoxy) is 2. The number of likely N-dealkylation sites (N-methyl/N-ethyl adjacent to an activating group) is 1. The predicted octanol–water partition coefficient (Wildman–Crippen LogP) is 5.35. The van der Waals surface area contributed by atoms with Crippen molar-refractivity contribution in [1.82, 2.24) is 24.8 Å². The first-order valence-electron chi connectivity index (χ1n) is 18.6. The number of anilines is 1. The van der Waals surface area contributed by atoms with E-state index in [1.807, 2.05) is 4.90 Å². The third kappa shape index (κ3) is 5.70. The summed E-state index contributed by atoms with van der Waals surface area (Å²) in [6.45, 7) is 8.30. The summed E-state index contributed by atoms with van der Waals surface area (Å²) in [6.07, 6.45) is 13.6. The Morgan fingerprint density at radius 2 is 2.00 bits per heavy atom. The summed E-state index contributed by atoms with van der Waals surface area (Å²) in [4.78, 5) is 33.2. The third-order valence-electron chi connectivity index (χ3n) is 10.9. The molecule has 10 nitrogen and oxygen atoms in total. The minimum absolute atomic E-state index is 0.00465. The molecule has 260 valence electrons. The number of carbonyl (C=O) groups is 1. The van der Waals surface area contributed by atoms with E-state index in [-0.39, 0.29) is 46.5 Å². The van der Waals surface area contributed by atoms with Crippen LogP contribution in [0.5, 0.6) is 11.8 Å². The molecule has 5 heterocycles. The Morgan fingerprint density at radius 3 is 2.74 bits per heavy atom. The second kappa shape index (κ2) is 13.2. The molecule has 2 unspecified atom stereocenters. The molecular formula is C39H43FN6O4. The van der Waals surface area contributed by atoms with Gasteiger partial charge in [0.25, 0.3) is 0 Å². The molecule has 50 heavy (non-hydrogen) atoms. The largest absolute Gasteiger partial charge is 0.492 e. The van der Waals surface area contributed by atoms with Crippen LogP contribution < -0.4 is 14.4 Å². The average molecular weight is 682 g/mol. The van der Waals surface area contributed by atoms with Crippen LogP contribution in [-0.2, 0) is 4.79 Å². The van der Waals surface area contributed by atoms with E-state index in [9.17, 15) is 9.90 Å². The van der Waals surface area contributed by atoms with Gasteiger partial charge >= 0.3 is 6.01 Å². The first-order valence-corrected chi connectivity index (χ1v) is 17.1. The first-order chi connectivity index (χ1) is 25.2. The van der Waals surface area contributed by atoms with E-state index in [2.05, 4.69) is 17.4 Å². The van der Waals surface area contributed by atoms with Gasteiger partial charge in [-0.15, -0.1) is 6.42 Å². The average Bonchev–Trinajstić information content (AvgIpc) is 3.66. The second-order valence-electron chi connectivity index (χ2n) is 13.9. The number of hydrogen-bond acceptors (Lipinski definition) is 9. The number of halogens is 1. The summed E-state index contributed by atoms with van der Waals surface area (Å²) < 4.78 is 51.9. The topological polar surface area (TPSA) is 104 Å². The smallest absolute Gasteiger partial charge is 0.319 e. The molecule has 3 fully saturated rings. The Bertz CT molecular complexity index is 2130. The zero-order valence-electron chi connectivity index (χ0n) is 31.4. The van der Waals surface area contributed by atoms with Gasteiger partial charge in [-0.05, 0) is 76.1 Å². The van der Waals surface area contributed by atoms with Gasteiger partial charge in [0.15, 0.2) is 5.75 Å². The number of aromatic nitrogens is 3. The lowest BCUT2D eigenvalue weighted by molar-refractivity contribution is -0.132. The van der Waals surface area contributed by atoms with E-state index in [4.69, 9.17) is 35.0 Å². The number of benzene rings is 2. The number of methoxy groups -OCH3 is 1. The fourth-order valence-electron chi connectivity index (χ4n) is 8.30. The SMILES string of the molecule is [2H]C([2H])([2H])Oc1c(-c2cccc3ccc(F)c(C#C)c23)ncc2c(N3CCCC(C)(O)C(N(C)C(=O)C=C)C3)nc(OCC34CCCN3CCC4)nc12. The molecule has 0 radical (unpaired) electrons. The number of hydrogen-bond donors (Lipinski definition) is 1. The fourth-order valence-corrected chi connectivity index (χ4v) is 8.30. The molecule has 3 aliphatic heterocycles. The number of amides is 1. The highest BCUT2D eigenvalue weighted by atomic mass is 19.1. The summed E-state index contributed by atoms with van der Waals surface area (Å²) >= 11 is 0. The van der Waals surface area contributed by atoms with Crippen LogP contribution in [0.25, 0.3) is 32.9 Å². The number of nitrogens with zero attached hydrogens (tertiary/aromatic N) is 6. The van der Waals surface area contributed by atoms with Gasteiger partial charge < -0.3 is 24.4 Å². The fraction of sp³-hybridized carbons (Fsp3) is 0.436. The number of fused-ring (bicyclic) bond motifs is 3. The standard InChI is InChI=1S/C39H43FN6O4/c1-6-26-29(40)15-14-25-12-8-13-27(32(25)26)33-35(49-5)34-28(22-41-33)36(43-37(42-34)50-24-39-17-10-20-46(39)21-11-18-39)45-19-9-16-38(3,48)30(23-45)44(4)31(47)7-2/h1,7-8,12-15,22,30,48H,2,9-11,16-21,23-24H2,3-5H3/i5D3. The Morgan fingerprint density at radius 1 is 1.22 bits per heavy atom. The van der Waals surface area contributed by atoms with Crippen LogP contribution in [-0.4, -0.2) is 99.8 Å². The van der Waals surface area contributed by atoms with E-state index < -0.39 is 24.5 Å². The van der Waals surface area contributed by atoms with Crippen molar-refractivity contribution in [3.63, 3.8) is 0 Å². The predicted molar refractivity (Wildman–Crippen MR) is 192 cm³/mol. The number of rotatable bonds is 8. The Kier molecular flexibility index (Phi) is 7.91. The molecule has 1 amide bonds. The van der Waals surface area contributed by atoms with E-state index in [1.54, 1.807) is 38.2 Å². The molecule has 0 spiro atoms. The van der Waals surface area contributed by atoms with Crippen LogP contribution in [0.3, 0.4) is 0 Å². The van der Waals surface area contributed by atoms with Crippen LogP contribution in [0.1, 0.15) is 55.1 Å². The number of terminal acetylenes is 1. The molecule has 3 aliphatic rings. The molecule has 2 aromatic heterocycles. The van der Waals surface area contributed by atoms with Gasteiger partial charge in [-0.3, -0.25) is 14.7 Å². The van der Waals surface area contributed by atoms with Crippen LogP contribution in [0.2, 0.25) is 0 Å². The molecule has 11 heteroatoms. The molecule has 1 N–H and O–H groups in total. The van der Waals surface area contributed by atoms with Crippen LogP contribution in [0, 0.1) is 18.2 Å². The van der Waals surface area contributed by atoms with E-state index >= 15 is 4.39 Å². The van der Waals surface area contributed by atoms with Gasteiger partial charge in [0.1, 0.15) is 29.5 Å². The first kappa shape index (κ1) is 30.1. The van der Waals surface area contributed by atoms with Crippen molar-refractivity contribution in [3.8, 4) is 35.4 Å². The van der Waals surface area contributed by atoms with Gasteiger partial charge in [-0.2, -0.15) is 9.97 Å². The van der Waals surface area contributed by atoms with Gasteiger partial charge in [0.2, 0.25) is 5.91 Å². The maximum absolute atomic E-state index is 15.1. The van der Waals surface area contributed by atoms with Crippen molar-refractivity contribution in [2.24, 2.45) is 0 Å². The summed E-state index contributed by atoms with van der Waals surface area (Å²) in [5.41, 5.74) is -0.792. The number of pyridine rings is 1. The lowest BCUT2D eigenvalue weighted by Gasteiger charge is -2.39. The maximum Gasteiger partial charge on any atom is 0.319 e. The molecule has 4 aromatic rings. The zero-order chi connectivity index (χ0) is 37.7. The van der Waals surface area contributed by atoms with E-state index in [0.717, 1.165) is 38.8 Å². The van der Waals surface area contributed by atoms with E-state index in [0.29, 0.717) is 53.5 Å². The molecule has 0 aliphatic carbocycles. The molecule has 0 bridgehead atoms. The monoisotopic (exact) mass is 681 g/mol. The third-order valence-corrected chi connectivity index (χ3v) is 10.9. The molecule has 2 atom stereocenters. The van der Waals surface area contributed by atoms with Gasteiger partial charge in [-0.25, -0.2) is 4.39 Å². The van der Waals surface area contributed by atoms with Crippen molar-refractivity contribution < 1.29 is 27.9 Å². The number of carbonyl (C=O) groups excluding carboxylic acids is 1. The van der Waals surface area contributed by atoms with E-state index in [1.165, 1.54) is 23.2 Å². The van der Waals surface area contributed by atoms with Crippen LogP contribution >= 0.6 is 0 Å². The number of aliphatic hydroxyl groups is 1. The highest BCUT2D eigenvalue weighted by Gasteiger charge is 2.45. The minimum Gasteiger partial charge on any atom is -0.492 e. The molecule has 2 aromatic carbocycles. The minimum atomic E-state index is -2.94. The second-order valence-corrected chi connectivity index (χ2v) is 13.9. The lowest BCUT2D eigenvalue weighted by atomic mass is 9.91. The summed E-state index contributed by atoms with van der Waals surface area (Å²) in [6, 6.07) is 7.46. The summed E-state index contributed by atoms with van der Waals surface area (Å²) in [5.74, 6) is 1.70. The molecule has 3 saturated heterocycles. The van der Waals surface area contributed by atoms with Crippen molar-refractivity contribution in [3.05, 3.63) is 60.6 Å². The molecule has 0 saturated carbocycles. The van der Waals surface area contributed by atoms with Crippen LogP contribution in [0.15, 0.2) is 49.2 Å². The quantitative estimate of drug-likeness (QED) is 0.195. The van der Waals surface area contributed by atoms with Gasteiger partial charge in [-0.1, -0.05) is 36.8 Å². The van der Waals surface area contributed by atoms with Crippen LogP contribution in [0.4, 0.5) is 10.2 Å². The highest BCUT2D eigenvalue weighted by molar-refractivity contribution is 6.04. The van der Waals surface area contributed by atoms with Crippen molar-refractivity contribution in [2.45, 2.75) is 62.6 Å². The van der Waals surface area contributed by atoms with Gasteiger partial charge in [0, 0.05) is 37.3 Å². The zero-order valence-corrected chi connectivity index (χ0v) is 28.4. The highest BCUT2D eigenvalue weighted by Crippen LogP contribution is 2.43. The van der Waals surface area contributed by atoms with Crippen molar-refractivity contribution >= 4 is 33.4 Å². The Labute approximate surface area is 296 Å². The normalized spacial score (nSPS) is 23.0. The Balaban J connectivity index is 1.45. The molecule has 7 rings (SSSR count). The van der Waals surface area contributed by atoms with Crippen molar-refractivity contribution in [2.75, 3.05) is 51.8 Å². The summed E-state index contributed by atoms with van der Waals surface area (Å²) in [7, 11) is -1.31.